The average molecular weight is 362 g/mol. The van der Waals surface area contributed by atoms with Gasteiger partial charge in [0.15, 0.2) is 0 Å². The minimum atomic E-state index is 0.165. The molecule has 0 aliphatic rings. The molecule has 1 N–H and O–H groups in total. The van der Waals surface area contributed by atoms with Crippen LogP contribution in [0.3, 0.4) is 0 Å². The lowest BCUT2D eigenvalue weighted by Gasteiger charge is -2.10. The number of nitrogens with one attached hydrogen (secondary N) is 1. The number of hydrogen-bond acceptors (Lipinski definition) is 3. The Labute approximate surface area is 160 Å². The third-order valence-electron chi connectivity index (χ3n) is 4.42. The van der Waals surface area contributed by atoms with E-state index in [0.717, 1.165) is 35.5 Å². The molecule has 0 saturated carbocycles. The Morgan fingerprint density at radius 2 is 1.70 bits per heavy atom. The summed E-state index contributed by atoms with van der Waals surface area (Å²) in [7, 11) is 3.58. The van der Waals surface area contributed by atoms with Gasteiger partial charge in [-0.1, -0.05) is 48.5 Å². The zero-order valence-corrected chi connectivity index (χ0v) is 15.9. The number of benzene rings is 2. The van der Waals surface area contributed by atoms with Gasteiger partial charge in [0, 0.05) is 44.4 Å². The molecular weight excluding hydrogens is 336 g/mol. The van der Waals surface area contributed by atoms with E-state index in [1.54, 1.807) is 19.0 Å². The molecule has 1 heterocycles. The summed E-state index contributed by atoms with van der Waals surface area (Å²) < 4.78 is 1.93. The van der Waals surface area contributed by atoms with E-state index in [0.29, 0.717) is 13.0 Å². The monoisotopic (exact) mass is 362 g/mol. The Morgan fingerprint density at radius 1 is 1.04 bits per heavy atom. The first-order valence-electron chi connectivity index (χ1n) is 9.25. The molecule has 5 nitrogen and oxygen atoms in total. The number of aromatic nitrogens is 2. The maximum atomic E-state index is 11.7. The second-order valence-corrected chi connectivity index (χ2v) is 6.72. The molecule has 27 heavy (non-hydrogen) atoms. The van der Waals surface area contributed by atoms with Gasteiger partial charge in [0.1, 0.15) is 0 Å². The van der Waals surface area contributed by atoms with Crippen molar-refractivity contribution in [2.45, 2.75) is 19.4 Å². The van der Waals surface area contributed by atoms with E-state index < -0.39 is 0 Å². The first-order valence-corrected chi connectivity index (χ1v) is 9.25. The summed E-state index contributed by atoms with van der Waals surface area (Å²) in [6.07, 6.45) is 3.47. The van der Waals surface area contributed by atoms with Gasteiger partial charge in [-0.15, -0.1) is 0 Å². The Kier molecular flexibility index (Phi) is 6.39. The first-order chi connectivity index (χ1) is 13.1. The summed E-state index contributed by atoms with van der Waals surface area (Å²) in [5.41, 5.74) is 4.27. The van der Waals surface area contributed by atoms with Gasteiger partial charge in [-0.05, 0) is 25.1 Å². The summed E-state index contributed by atoms with van der Waals surface area (Å²) in [4.78, 5) is 13.3. The summed E-state index contributed by atoms with van der Waals surface area (Å²) in [6, 6.07) is 20.4. The molecule has 2 aromatic carbocycles. The number of rotatable bonds is 8. The zero-order chi connectivity index (χ0) is 19.1. The van der Waals surface area contributed by atoms with E-state index in [2.05, 4.69) is 23.6 Å². The Balaban J connectivity index is 1.71. The van der Waals surface area contributed by atoms with Crippen LogP contribution < -0.4 is 5.32 Å². The van der Waals surface area contributed by atoms with E-state index in [1.165, 1.54) is 0 Å². The predicted octanol–water partition coefficient (Wildman–Crippen LogP) is 3.50. The van der Waals surface area contributed by atoms with Crippen LogP contribution >= 0.6 is 0 Å². The summed E-state index contributed by atoms with van der Waals surface area (Å²) in [6.45, 7) is 1.51. The van der Waals surface area contributed by atoms with Crippen LogP contribution in [0.25, 0.3) is 16.9 Å². The molecule has 3 aromatic rings. The van der Waals surface area contributed by atoms with Crippen molar-refractivity contribution in [1.29, 1.82) is 0 Å². The minimum Gasteiger partial charge on any atom is -0.349 e. The Morgan fingerprint density at radius 3 is 2.37 bits per heavy atom. The van der Waals surface area contributed by atoms with Crippen molar-refractivity contribution in [3.05, 3.63) is 72.4 Å². The Bertz CT molecular complexity index is 857. The first kappa shape index (κ1) is 18.9. The molecule has 1 aromatic heterocycles. The number of para-hydroxylation sites is 1. The normalized spacial score (nSPS) is 10.7. The van der Waals surface area contributed by atoms with Crippen molar-refractivity contribution in [3.63, 3.8) is 0 Å². The van der Waals surface area contributed by atoms with Gasteiger partial charge in [0.2, 0.25) is 5.91 Å². The van der Waals surface area contributed by atoms with E-state index in [1.807, 2.05) is 53.2 Å². The van der Waals surface area contributed by atoms with Crippen LogP contribution in [0.2, 0.25) is 0 Å². The molecule has 0 atom stereocenters. The highest BCUT2D eigenvalue weighted by molar-refractivity contribution is 5.75. The number of amides is 1. The quantitative estimate of drug-likeness (QED) is 0.624. The highest BCUT2D eigenvalue weighted by Gasteiger charge is 2.12. The maximum absolute atomic E-state index is 11.7. The van der Waals surface area contributed by atoms with Crippen LogP contribution in [0.1, 0.15) is 18.4 Å². The van der Waals surface area contributed by atoms with Gasteiger partial charge >= 0.3 is 0 Å². The van der Waals surface area contributed by atoms with Gasteiger partial charge < -0.3 is 10.2 Å². The third kappa shape index (κ3) is 5.05. The minimum absolute atomic E-state index is 0.165. The molecule has 0 unspecified atom stereocenters. The fourth-order valence-electron chi connectivity index (χ4n) is 2.90. The summed E-state index contributed by atoms with van der Waals surface area (Å²) in [5, 5.41) is 8.26. The lowest BCUT2D eigenvalue weighted by molar-refractivity contribution is -0.128. The molecule has 3 rings (SSSR count). The Hall–Kier alpha value is -2.92. The zero-order valence-electron chi connectivity index (χ0n) is 15.9. The van der Waals surface area contributed by atoms with Crippen molar-refractivity contribution < 1.29 is 4.79 Å². The van der Waals surface area contributed by atoms with Gasteiger partial charge in [-0.25, -0.2) is 4.68 Å². The fraction of sp³-hybridized carbons (Fsp3) is 0.273. The molecule has 0 fully saturated rings. The maximum Gasteiger partial charge on any atom is 0.222 e. The highest BCUT2D eigenvalue weighted by Crippen LogP contribution is 2.23. The number of carbonyl (C=O) groups excluding carboxylic acids is 1. The molecule has 0 aliphatic heterocycles. The lowest BCUT2D eigenvalue weighted by Crippen LogP contribution is -2.23. The van der Waals surface area contributed by atoms with Gasteiger partial charge in [0.25, 0.3) is 0 Å². The average Bonchev–Trinajstić information content (AvgIpc) is 3.13. The second kappa shape index (κ2) is 9.14. The highest BCUT2D eigenvalue weighted by atomic mass is 16.2. The van der Waals surface area contributed by atoms with Crippen molar-refractivity contribution in [2.75, 3.05) is 20.6 Å². The molecule has 0 radical (unpaired) electrons. The molecule has 0 spiro atoms. The smallest absolute Gasteiger partial charge is 0.222 e. The molecule has 140 valence electrons. The topological polar surface area (TPSA) is 50.2 Å². The van der Waals surface area contributed by atoms with Gasteiger partial charge in [-0.3, -0.25) is 4.79 Å². The number of hydrogen-bond donors (Lipinski definition) is 1. The van der Waals surface area contributed by atoms with Crippen LogP contribution in [0.5, 0.6) is 0 Å². The molecule has 5 heteroatoms. The third-order valence-corrected chi connectivity index (χ3v) is 4.42. The van der Waals surface area contributed by atoms with Crippen molar-refractivity contribution in [1.82, 2.24) is 20.0 Å². The molecule has 1 amide bonds. The van der Waals surface area contributed by atoms with Crippen LogP contribution in [0, 0.1) is 0 Å². The van der Waals surface area contributed by atoms with Gasteiger partial charge in [0.05, 0.1) is 11.4 Å². The van der Waals surface area contributed by atoms with Crippen LogP contribution in [0.4, 0.5) is 0 Å². The van der Waals surface area contributed by atoms with Crippen LogP contribution in [-0.2, 0) is 11.3 Å². The predicted molar refractivity (Wildman–Crippen MR) is 109 cm³/mol. The van der Waals surface area contributed by atoms with Crippen molar-refractivity contribution >= 4 is 5.91 Å². The summed E-state index contributed by atoms with van der Waals surface area (Å²) in [5.74, 6) is 0.165. The second-order valence-electron chi connectivity index (χ2n) is 6.72. The van der Waals surface area contributed by atoms with E-state index >= 15 is 0 Å². The molecule has 0 saturated heterocycles. The standard InChI is InChI=1S/C22H26N4O/c1-25(2)21(27)14-9-15-23-16-19-17-26(20-12-7-4-8-13-20)24-22(19)18-10-5-3-6-11-18/h3-8,10-13,17,23H,9,14-16H2,1-2H3. The van der Waals surface area contributed by atoms with Crippen LogP contribution in [0.15, 0.2) is 66.9 Å². The molecule has 0 bridgehead atoms. The van der Waals surface area contributed by atoms with Crippen LogP contribution in [-0.4, -0.2) is 41.2 Å². The van der Waals surface area contributed by atoms with Crippen molar-refractivity contribution in [3.8, 4) is 16.9 Å². The molecule has 0 aliphatic carbocycles. The van der Waals surface area contributed by atoms with E-state index in [4.69, 9.17) is 5.10 Å². The van der Waals surface area contributed by atoms with Gasteiger partial charge in [-0.2, -0.15) is 5.10 Å². The SMILES string of the molecule is CN(C)C(=O)CCCNCc1cn(-c2ccccc2)nc1-c1ccccc1. The fourth-order valence-corrected chi connectivity index (χ4v) is 2.90. The number of nitrogens with zero attached hydrogens (tertiary/aromatic N) is 3. The lowest BCUT2D eigenvalue weighted by atomic mass is 10.1. The molecular formula is C22H26N4O. The van der Waals surface area contributed by atoms with Crippen molar-refractivity contribution in [2.24, 2.45) is 0 Å². The largest absolute Gasteiger partial charge is 0.349 e. The van der Waals surface area contributed by atoms with E-state index in [-0.39, 0.29) is 5.91 Å². The summed E-state index contributed by atoms with van der Waals surface area (Å²) >= 11 is 0. The number of carbonyl (C=O) groups is 1. The van der Waals surface area contributed by atoms with E-state index in [9.17, 15) is 4.79 Å².